The summed E-state index contributed by atoms with van der Waals surface area (Å²) in [7, 11) is 0. The molecule has 0 aliphatic rings. The lowest BCUT2D eigenvalue weighted by Gasteiger charge is -2.00. The third-order valence-electron chi connectivity index (χ3n) is 2.37. The van der Waals surface area contributed by atoms with Crippen LogP contribution in [0.3, 0.4) is 0 Å². The van der Waals surface area contributed by atoms with E-state index in [1.807, 2.05) is 6.92 Å². The minimum absolute atomic E-state index is 0.350. The van der Waals surface area contributed by atoms with Gasteiger partial charge >= 0.3 is 5.97 Å². The Labute approximate surface area is 105 Å². The molecule has 0 amide bonds. The van der Waals surface area contributed by atoms with Crippen molar-refractivity contribution in [3.05, 3.63) is 36.2 Å². The second-order valence-electron chi connectivity index (χ2n) is 3.81. The Kier molecular flexibility index (Phi) is 3.66. The number of aromatic nitrogens is 4. The fourth-order valence-electron chi connectivity index (χ4n) is 1.47. The Bertz CT molecular complexity index is 536. The number of carbonyl (C=O) groups is 1. The van der Waals surface area contributed by atoms with E-state index in [1.165, 1.54) is 6.33 Å². The molecule has 0 aliphatic heterocycles. The Hall–Kier alpha value is -2.24. The van der Waals surface area contributed by atoms with E-state index < -0.39 is 0 Å². The van der Waals surface area contributed by atoms with Crippen molar-refractivity contribution in [3.63, 3.8) is 0 Å². The molecule has 18 heavy (non-hydrogen) atoms. The number of rotatable bonds is 4. The number of aryl methyl sites for hydroxylation is 1. The predicted molar refractivity (Wildman–Crippen MR) is 64.5 cm³/mol. The lowest BCUT2D eigenvalue weighted by molar-refractivity contribution is 0.0504. The fourth-order valence-corrected chi connectivity index (χ4v) is 1.47. The van der Waals surface area contributed by atoms with Crippen molar-refractivity contribution in [2.45, 2.75) is 20.3 Å². The van der Waals surface area contributed by atoms with Gasteiger partial charge in [0.05, 0.1) is 24.7 Å². The maximum Gasteiger partial charge on any atom is 0.341 e. The second kappa shape index (κ2) is 5.39. The quantitative estimate of drug-likeness (QED) is 0.765. The van der Waals surface area contributed by atoms with Crippen LogP contribution in [0, 0.1) is 6.92 Å². The number of hydrogen-bond acceptors (Lipinski definition) is 5. The number of ether oxygens (including phenoxy) is 1. The maximum atomic E-state index is 11.8. The van der Waals surface area contributed by atoms with Crippen LogP contribution < -0.4 is 0 Å². The van der Waals surface area contributed by atoms with Crippen LogP contribution in [0.15, 0.2) is 24.9 Å². The topological polar surface area (TPSA) is 69.9 Å². The van der Waals surface area contributed by atoms with Crippen molar-refractivity contribution in [1.82, 2.24) is 19.7 Å². The Morgan fingerprint density at radius 1 is 1.39 bits per heavy atom. The molecule has 94 valence electrons. The molecule has 0 bridgehead atoms. The molecular weight excluding hydrogens is 232 g/mol. The lowest BCUT2D eigenvalue weighted by Crippen LogP contribution is -2.06. The summed E-state index contributed by atoms with van der Waals surface area (Å²) in [5.41, 5.74) is 1.79. The lowest BCUT2D eigenvalue weighted by atomic mass is 10.3. The van der Waals surface area contributed by atoms with Crippen LogP contribution in [0.2, 0.25) is 0 Å². The molecule has 0 radical (unpaired) electrons. The minimum Gasteiger partial charge on any atom is -0.462 e. The average molecular weight is 246 g/mol. The van der Waals surface area contributed by atoms with Gasteiger partial charge in [0.2, 0.25) is 0 Å². The Balaban J connectivity index is 2.25. The van der Waals surface area contributed by atoms with Gasteiger partial charge in [-0.05, 0) is 13.3 Å². The normalized spacial score (nSPS) is 10.3. The van der Waals surface area contributed by atoms with Crippen molar-refractivity contribution in [3.8, 4) is 5.69 Å². The number of carbonyl (C=O) groups excluding carboxylic acids is 1. The highest BCUT2D eigenvalue weighted by atomic mass is 16.5. The predicted octanol–water partition coefficient (Wildman–Crippen LogP) is 1.54. The number of hydrogen-bond donors (Lipinski definition) is 0. The summed E-state index contributed by atoms with van der Waals surface area (Å²) in [6, 6.07) is 0. The van der Waals surface area contributed by atoms with E-state index in [9.17, 15) is 4.79 Å². The highest BCUT2D eigenvalue weighted by Crippen LogP contribution is 2.11. The standard InChI is InChI=1S/C12H14N4O2/c1-3-4-18-12(17)11-7-16(15-9(11)2)10-5-13-8-14-6-10/h5-8H,3-4H2,1-2H3. The summed E-state index contributed by atoms with van der Waals surface area (Å²) < 4.78 is 6.65. The summed E-state index contributed by atoms with van der Waals surface area (Å²) in [5.74, 6) is -0.350. The first-order chi connectivity index (χ1) is 8.72. The van der Waals surface area contributed by atoms with Gasteiger partial charge in [0.1, 0.15) is 17.6 Å². The summed E-state index contributed by atoms with van der Waals surface area (Å²) in [6.07, 6.45) is 7.12. The zero-order chi connectivity index (χ0) is 13.0. The number of nitrogens with zero attached hydrogens (tertiary/aromatic N) is 4. The van der Waals surface area contributed by atoms with Crippen molar-refractivity contribution in [2.24, 2.45) is 0 Å². The van der Waals surface area contributed by atoms with E-state index in [1.54, 1.807) is 30.2 Å². The van der Waals surface area contributed by atoms with Gasteiger partial charge in [-0.25, -0.2) is 19.4 Å². The molecule has 2 heterocycles. The molecule has 0 fully saturated rings. The Morgan fingerprint density at radius 3 is 2.78 bits per heavy atom. The molecule has 0 N–H and O–H groups in total. The first-order valence-corrected chi connectivity index (χ1v) is 5.71. The molecule has 0 atom stereocenters. The van der Waals surface area contributed by atoms with E-state index in [0.717, 1.165) is 6.42 Å². The molecular formula is C12H14N4O2. The zero-order valence-corrected chi connectivity index (χ0v) is 10.3. The summed E-state index contributed by atoms with van der Waals surface area (Å²) in [5, 5.41) is 4.25. The van der Waals surface area contributed by atoms with Gasteiger partial charge in [-0.3, -0.25) is 0 Å². The minimum atomic E-state index is -0.350. The van der Waals surface area contributed by atoms with Gasteiger partial charge in [-0.1, -0.05) is 6.92 Å². The van der Waals surface area contributed by atoms with E-state index >= 15 is 0 Å². The third-order valence-corrected chi connectivity index (χ3v) is 2.37. The van der Waals surface area contributed by atoms with Crippen LogP contribution >= 0.6 is 0 Å². The SMILES string of the molecule is CCCOC(=O)c1cn(-c2cncnc2)nc1C. The van der Waals surface area contributed by atoms with Gasteiger partial charge in [-0.15, -0.1) is 0 Å². The van der Waals surface area contributed by atoms with Crippen LogP contribution in [0.25, 0.3) is 5.69 Å². The molecule has 0 aromatic carbocycles. The summed E-state index contributed by atoms with van der Waals surface area (Å²) in [6.45, 7) is 4.13. The summed E-state index contributed by atoms with van der Waals surface area (Å²) >= 11 is 0. The van der Waals surface area contributed by atoms with E-state index in [0.29, 0.717) is 23.6 Å². The summed E-state index contributed by atoms with van der Waals surface area (Å²) in [4.78, 5) is 19.6. The van der Waals surface area contributed by atoms with Gasteiger partial charge < -0.3 is 4.74 Å². The molecule has 0 spiro atoms. The first kappa shape index (κ1) is 12.2. The van der Waals surface area contributed by atoms with E-state index in [2.05, 4.69) is 15.1 Å². The van der Waals surface area contributed by atoms with E-state index in [-0.39, 0.29) is 5.97 Å². The van der Waals surface area contributed by atoms with Crippen LogP contribution in [0.5, 0.6) is 0 Å². The molecule has 2 aromatic rings. The number of esters is 1. The molecule has 0 aliphatic carbocycles. The molecule has 2 aromatic heterocycles. The third kappa shape index (κ3) is 2.53. The van der Waals surface area contributed by atoms with Crippen LogP contribution in [-0.4, -0.2) is 32.3 Å². The van der Waals surface area contributed by atoms with Gasteiger partial charge in [0.15, 0.2) is 0 Å². The maximum absolute atomic E-state index is 11.8. The zero-order valence-electron chi connectivity index (χ0n) is 10.3. The second-order valence-corrected chi connectivity index (χ2v) is 3.81. The smallest absolute Gasteiger partial charge is 0.341 e. The van der Waals surface area contributed by atoms with Crippen molar-refractivity contribution in [1.29, 1.82) is 0 Å². The van der Waals surface area contributed by atoms with E-state index in [4.69, 9.17) is 4.74 Å². The molecule has 0 saturated heterocycles. The molecule has 6 heteroatoms. The van der Waals surface area contributed by atoms with Crippen molar-refractivity contribution >= 4 is 5.97 Å². The molecule has 0 unspecified atom stereocenters. The van der Waals surface area contributed by atoms with Crippen molar-refractivity contribution < 1.29 is 9.53 Å². The molecule has 0 saturated carbocycles. The average Bonchev–Trinajstić information content (AvgIpc) is 2.79. The van der Waals surface area contributed by atoms with Crippen LogP contribution in [0.1, 0.15) is 29.4 Å². The van der Waals surface area contributed by atoms with Crippen LogP contribution in [-0.2, 0) is 4.74 Å². The monoisotopic (exact) mass is 246 g/mol. The van der Waals surface area contributed by atoms with Gasteiger partial charge in [0, 0.05) is 6.20 Å². The fraction of sp³-hybridized carbons (Fsp3) is 0.333. The van der Waals surface area contributed by atoms with Gasteiger partial charge in [0.25, 0.3) is 0 Å². The van der Waals surface area contributed by atoms with Crippen molar-refractivity contribution in [2.75, 3.05) is 6.61 Å². The highest BCUT2D eigenvalue weighted by Gasteiger charge is 2.15. The first-order valence-electron chi connectivity index (χ1n) is 5.71. The highest BCUT2D eigenvalue weighted by molar-refractivity contribution is 5.90. The Morgan fingerprint density at radius 2 is 2.11 bits per heavy atom. The molecule has 6 nitrogen and oxygen atoms in total. The van der Waals surface area contributed by atoms with Gasteiger partial charge in [-0.2, -0.15) is 5.10 Å². The largest absolute Gasteiger partial charge is 0.462 e. The van der Waals surface area contributed by atoms with Crippen LogP contribution in [0.4, 0.5) is 0 Å². The molecule has 2 rings (SSSR count).